The van der Waals surface area contributed by atoms with Crippen molar-refractivity contribution in [1.29, 1.82) is 0 Å². The van der Waals surface area contributed by atoms with E-state index < -0.39 is 5.97 Å². The number of nitrogens with zero attached hydrogens (tertiary/aromatic N) is 1. The van der Waals surface area contributed by atoms with E-state index in [4.69, 9.17) is 5.11 Å². The van der Waals surface area contributed by atoms with E-state index in [1.54, 1.807) is 16.3 Å². The Labute approximate surface area is 121 Å². The molecule has 1 aromatic heterocycles. The molecule has 2 heterocycles. The summed E-state index contributed by atoms with van der Waals surface area (Å²) in [5.41, 5.74) is 0.556. The van der Waals surface area contributed by atoms with Gasteiger partial charge in [0, 0.05) is 22.9 Å². The standard InChI is InChI=1S/C14H17NO4S/c16-8-11-3-1-2-6-15(11)14(19)10-7-12(20-9-10)4-5-13(17)18/h4-5,7,9,11,16H,1-3,6,8H2,(H,17,18). The molecule has 0 spiro atoms. The van der Waals surface area contributed by atoms with Gasteiger partial charge in [0.1, 0.15) is 0 Å². The third-order valence-electron chi connectivity index (χ3n) is 3.36. The van der Waals surface area contributed by atoms with Crippen LogP contribution in [0.3, 0.4) is 0 Å². The maximum Gasteiger partial charge on any atom is 0.328 e. The highest BCUT2D eigenvalue weighted by atomic mass is 32.1. The van der Waals surface area contributed by atoms with Crippen LogP contribution < -0.4 is 0 Å². The molecule has 108 valence electrons. The van der Waals surface area contributed by atoms with Crippen LogP contribution in [0.15, 0.2) is 17.5 Å². The first kappa shape index (κ1) is 14.7. The predicted molar refractivity (Wildman–Crippen MR) is 76.8 cm³/mol. The van der Waals surface area contributed by atoms with Gasteiger partial charge in [0.05, 0.1) is 18.2 Å². The molecule has 6 heteroatoms. The number of aliphatic carboxylic acids is 1. The number of rotatable bonds is 4. The highest BCUT2D eigenvalue weighted by Crippen LogP contribution is 2.23. The quantitative estimate of drug-likeness (QED) is 0.831. The van der Waals surface area contributed by atoms with E-state index in [0.717, 1.165) is 30.2 Å². The van der Waals surface area contributed by atoms with E-state index in [1.165, 1.54) is 17.4 Å². The molecule has 0 aliphatic carbocycles. The summed E-state index contributed by atoms with van der Waals surface area (Å²) in [5, 5.41) is 19.6. The molecule has 0 aromatic carbocycles. The lowest BCUT2D eigenvalue weighted by Gasteiger charge is -2.34. The predicted octanol–water partition coefficient (Wildman–Crippen LogP) is 1.83. The molecule has 20 heavy (non-hydrogen) atoms. The van der Waals surface area contributed by atoms with Crippen LogP contribution in [0, 0.1) is 0 Å². The number of aliphatic hydroxyl groups is 1. The zero-order valence-corrected chi connectivity index (χ0v) is 11.8. The number of thiophene rings is 1. The van der Waals surface area contributed by atoms with E-state index in [9.17, 15) is 14.7 Å². The first-order valence-corrected chi connectivity index (χ1v) is 7.41. The Bertz CT molecular complexity index is 523. The lowest BCUT2D eigenvalue weighted by atomic mass is 10.0. The summed E-state index contributed by atoms with van der Waals surface area (Å²) in [7, 11) is 0. The Balaban J connectivity index is 2.10. The van der Waals surface area contributed by atoms with Crippen LogP contribution in [0.2, 0.25) is 0 Å². The van der Waals surface area contributed by atoms with E-state index in [-0.39, 0.29) is 18.6 Å². The summed E-state index contributed by atoms with van der Waals surface area (Å²) >= 11 is 1.33. The van der Waals surface area contributed by atoms with Crippen LogP contribution in [-0.4, -0.2) is 46.2 Å². The molecule has 1 saturated heterocycles. The number of hydrogen-bond acceptors (Lipinski definition) is 4. The zero-order valence-electron chi connectivity index (χ0n) is 11.0. The molecular weight excluding hydrogens is 278 g/mol. The fourth-order valence-corrected chi connectivity index (χ4v) is 3.10. The van der Waals surface area contributed by atoms with Crippen LogP contribution in [0.1, 0.15) is 34.5 Å². The first-order valence-electron chi connectivity index (χ1n) is 6.53. The average molecular weight is 295 g/mol. The maximum atomic E-state index is 12.4. The van der Waals surface area contributed by atoms with Crippen LogP contribution >= 0.6 is 11.3 Å². The normalized spacial score (nSPS) is 19.4. The Morgan fingerprint density at radius 3 is 2.95 bits per heavy atom. The molecule has 2 N–H and O–H groups in total. The molecule has 2 rings (SSSR count). The molecule has 1 fully saturated rings. The summed E-state index contributed by atoms with van der Waals surface area (Å²) in [6.07, 6.45) is 5.35. The number of carboxylic acids is 1. The zero-order chi connectivity index (χ0) is 14.5. The van der Waals surface area contributed by atoms with Gasteiger partial charge < -0.3 is 15.1 Å². The number of likely N-dealkylation sites (tertiary alicyclic amines) is 1. The van der Waals surface area contributed by atoms with Gasteiger partial charge in [0.15, 0.2) is 0 Å². The lowest BCUT2D eigenvalue weighted by Crippen LogP contribution is -2.45. The molecule has 1 atom stereocenters. The maximum absolute atomic E-state index is 12.4. The number of carbonyl (C=O) groups is 2. The van der Waals surface area contributed by atoms with Crippen molar-refractivity contribution in [3.8, 4) is 0 Å². The van der Waals surface area contributed by atoms with Crippen molar-refractivity contribution in [2.45, 2.75) is 25.3 Å². The van der Waals surface area contributed by atoms with Crippen molar-refractivity contribution in [1.82, 2.24) is 4.90 Å². The van der Waals surface area contributed by atoms with Crippen LogP contribution in [-0.2, 0) is 4.79 Å². The molecular formula is C14H17NO4S. The van der Waals surface area contributed by atoms with Gasteiger partial charge in [-0.25, -0.2) is 4.79 Å². The van der Waals surface area contributed by atoms with E-state index in [0.29, 0.717) is 12.1 Å². The highest BCUT2D eigenvalue weighted by molar-refractivity contribution is 7.11. The van der Waals surface area contributed by atoms with E-state index >= 15 is 0 Å². The molecule has 0 bridgehead atoms. The number of aliphatic hydroxyl groups excluding tert-OH is 1. The largest absolute Gasteiger partial charge is 0.478 e. The van der Waals surface area contributed by atoms with Crippen LogP contribution in [0.25, 0.3) is 6.08 Å². The van der Waals surface area contributed by atoms with Crippen molar-refractivity contribution in [2.75, 3.05) is 13.2 Å². The van der Waals surface area contributed by atoms with Gasteiger partial charge in [-0.3, -0.25) is 4.79 Å². The van der Waals surface area contributed by atoms with Crippen LogP contribution in [0.4, 0.5) is 0 Å². The number of carbonyl (C=O) groups excluding carboxylic acids is 1. The van der Waals surface area contributed by atoms with Gasteiger partial charge in [-0.2, -0.15) is 0 Å². The number of piperidine rings is 1. The fourth-order valence-electron chi connectivity index (χ4n) is 2.33. The Hall–Kier alpha value is -1.66. The first-order chi connectivity index (χ1) is 9.61. The van der Waals surface area contributed by atoms with Crippen molar-refractivity contribution >= 4 is 29.3 Å². The van der Waals surface area contributed by atoms with Gasteiger partial charge >= 0.3 is 5.97 Å². The third-order valence-corrected chi connectivity index (χ3v) is 4.25. The summed E-state index contributed by atoms with van der Waals surface area (Å²) < 4.78 is 0. The number of amides is 1. The van der Waals surface area contributed by atoms with Crippen molar-refractivity contribution in [3.63, 3.8) is 0 Å². The number of carboxylic acid groups (broad SMARTS) is 1. The molecule has 1 aliphatic heterocycles. The molecule has 1 unspecified atom stereocenters. The van der Waals surface area contributed by atoms with E-state index in [1.807, 2.05) is 0 Å². The lowest BCUT2D eigenvalue weighted by molar-refractivity contribution is -0.131. The van der Waals surface area contributed by atoms with Crippen LogP contribution in [0.5, 0.6) is 0 Å². The van der Waals surface area contributed by atoms with E-state index in [2.05, 4.69) is 0 Å². The molecule has 5 nitrogen and oxygen atoms in total. The van der Waals surface area contributed by atoms with Crippen molar-refractivity contribution in [2.24, 2.45) is 0 Å². The fraction of sp³-hybridized carbons (Fsp3) is 0.429. The van der Waals surface area contributed by atoms with Gasteiger partial charge in [-0.05, 0) is 31.4 Å². The van der Waals surface area contributed by atoms with Crippen molar-refractivity contribution in [3.05, 3.63) is 28.0 Å². The SMILES string of the molecule is O=C(O)C=Cc1cc(C(=O)N2CCCCC2CO)cs1. The third kappa shape index (κ3) is 3.46. The minimum Gasteiger partial charge on any atom is -0.478 e. The molecule has 1 aromatic rings. The Kier molecular flexibility index (Phi) is 4.92. The molecule has 1 amide bonds. The minimum atomic E-state index is -1.01. The van der Waals surface area contributed by atoms with Gasteiger partial charge in [-0.15, -0.1) is 11.3 Å². The van der Waals surface area contributed by atoms with Crippen molar-refractivity contribution < 1.29 is 19.8 Å². The summed E-state index contributed by atoms with van der Waals surface area (Å²) in [5.74, 6) is -1.10. The second-order valence-corrected chi connectivity index (χ2v) is 5.68. The smallest absolute Gasteiger partial charge is 0.328 e. The van der Waals surface area contributed by atoms with Gasteiger partial charge in [0.25, 0.3) is 5.91 Å². The molecule has 0 radical (unpaired) electrons. The second kappa shape index (κ2) is 6.67. The molecule has 0 saturated carbocycles. The highest BCUT2D eigenvalue weighted by Gasteiger charge is 2.27. The average Bonchev–Trinajstić information content (AvgIpc) is 2.93. The second-order valence-electron chi connectivity index (χ2n) is 4.74. The summed E-state index contributed by atoms with van der Waals surface area (Å²) in [4.78, 5) is 25.3. The Morgan fingerprint density at radius 2 is 2.25 bits per heavy atom. The summed E-state index contributed by atoms with van der Waals surface area (Å²) in [6, 6.07) is 1.59. The monoisotopic (exact) mass is 295 g/mol. The minimum absolute atomic E-state index is 0.0123. The van der Waals surface area contributed by atoms with Gasteiger partial charge in [0.2, 0.25) is 0 Å². The number of hydrogen-bond donors (Lipinski definition) is 2. The Morgan fingerprint density at radius 1 is 1.45 bits per heavy atom. The molecule has 1 aliphatic rings. The van der Waals surface area contributed by atoms with Gasteiger partial charge in [-0.1, -0.05) is 0 Å². The summed E-state index contributed by atoms with van der Waals surface area (Å²) in [6.45, 7) is 0.655. The topological polar surface area (TPSA) is 77.8 Å².